The van der Waals surface area contributed by atoms with Crippen LogP contribution in [0, 0.1) is 41.1 Å². The molecule has 7 heteroatoms. The Morgan fingerprint density at radius 1 is 1.14 bits per heavy atom. The third-order valence-electron chi connectivity index (χ3n) is 6.25. The first-order chi connectivity index (χ1) is 17.0. The molecule has 0 unspecified atom stereocenters. The minimum Gasteiger partial charge on any atom is -0.469 e. The summed E-state index contributed by atoms with van der Waals surface area (Å²) in [6.07, 6.45) is 2.62. The zero-order chi connectivity index (χ0) is 26.5. The Balaban J connectivity index is 1.75. The Morgan fingerprint density at radius 3 is 2.36 bits per heavy atom. The van der Waals surface area contributed by atoms with Crippen LogP contribution < -0.4 is 0 Å². The van der Waals surface area contributed by atoms with Gasteiger partial charge >= 0.3 is 5.97 Å². The standard InChI is InChI=1S/C29H37N3O3Si/c1-20(2)25(17-27(33)35-4)29(34)32-19-21(3)16-26(32)28-30-18-24(31-28)13-12-22-8-10-23(11-9-22)14-15-36(5,6)7/h8-11,18,20-21,25-26H,16-17,19H2,1-7H3,(H,30,31)/t21-,25-,26-/m0/s1. The average Bonchev–Trinajstić information content (AvgIpc) is 3.45. The summed E-state index contributed by atoms with van der Waals surface area (Å²) in [5, 5.41) is 0. The molecule has 0 aliphatic carbocycles. The Bertz CT molecular complexity index is 1200. The molecule has 1 N–H and O–H groups in total. The largest absolute Gasteiger partial charge is 0.469 e. The topological polar surface area (TPSA) is 75.3 Å². The number of esters is 1. The molecule has 190 valence electrons. The molecule has 1 saturated heterocycles. The van der Waals surface area contributed by atoms with Gasteiger partial charge < -0.3 is 14.6 Å². The normalized spacial score (nSPS) is 18.2. The highest BCUT2D eigenvalue weighted by Crippen LogP contribution is 2.36. The second-order valence-corrected chi connectivity index (χ2v) is 15.7. The van der Waals surface area contributed by atoms with Crippen LogP contribution in [0.3, 0.4) is 0 Å². The first kappa shape index (κ1) is 27.3. The molecule has 6 nitrogen and oxygen atoms in total. The summed E-state index contributed by atoms with van der Waals surface area (Å²) in [6.45, 7) is 13.4. The van der Waals surface area contributed by atoms with E-state index in [1.54, 1.807) is 6.20 Å². The van der Waals surface area contributed by atoms with E-state index >= 15 is 0 Å². The molecule has 0 radical (unpaired) electrons. The van der Waals surface area contributed by atoms with Crippen molar-refractivity contribution in [2.75, 3.05) is 13.7 Å². The first-order valence-electron chi connectivity index (χ1n) is 12.5. The van der Waals surface area contributed by atoms with Crippen molar-refractivity contribution in [1.29, 1.82) is 0 Å². The monoisotopic (exact) mass is 503 g/mol. The lowest BCUT2D eigenvalue weighted by molar-refractivity contribution is -0.148. The second-order valence-electron chi connectivity index (χ2n) is 11.0. The van der Waals surface area contributed by atoms with E-state index in [-0.39, 0.29) is 30.3 Å². The SMILES string of the molecule is COC(=O)C[C@H](C(=O)N1C[C@@H](C)C[C@H]1c1ncc(C#Cc2ccc(C#C[Si](C)(C)C)cc2)[nH]1)C(C)C. The number of hydrogen-bond donors (Lipinski definition) is 1. The van der Waals surface area contributed by atoms with E-state index in [4.69, 9.17) is 4.74 Å². The third-order valence-corrected chi connectivity index (χ3v) is 7.12. The van der Waals surface area contributed by atoms with Crippen molar-refractivity contribution in [3.63, 3.8) is 0 Å². The van der Waals surface area contributed by atoms with Crippen LogP contribution in [0.4, 0.5) is 0 Å². The molecule has 36 heavy (non-hydrogen) atoms. The number of imidazole rings is 1. The smallest absolute Gasteiger partial charge is 0.306 e. The molecule has 0 spiro atoms. The molecule has 0 saturated carbocycles. The lowest BCUT2D eigenvalue weighted by atomic mass is 9.91. The molecule has 1 aromatic carbocycles. The van der Waals surface area contributed by atoms with Crippen LogP contribution in [-0.4, -0.2) is 48.5 Å². The number of nitrogens with zero attached hydrogens (tertiary/aromatic N) is 2. The Morgan fingerprint density at radius 2 is 1.78 bits per heavy atom. The quantitative estimate of drug-likeness (QED) is 0.362. The highest BCUT2D eigenvalue weighted by molar-refractivity contribution is 6.83. The van der Waals surface area contributed by atoms with Gasteiger partial charge in [0.2, 0.25) is 5.91 Å². The van der Waals surface area contributed by atoms with E-state index in [1.165, 1.54) is 7.11 Å². The van der Waals surface area contributed by atoms with Gasteiger partial charge in [-0.05, 0) is 48.4 Å². The molecule has 1 fully saturated rings. The fourth-order valence-electron chi connectivity index (χ4n) is 4.24. The van der Waals surface area contributed by atoms with Gasteiger partial charge in [-0.1, -0.05) is 52.3 Å². The first-order valence-corrected chi connectivity index (χ1v) is 16.0. The number of rotatable bonds is 5. The summed E-state index contributed by atoms with van der Waals surface area (Å²) in [7, 11) is -0.0506. The molecule has 2 heterocycles. The van der Waals surface area contributed by atoms with E-state index in [2.05, 4.69) is 59.8 Å². The van der Waals surface area contributed by atoms with Crippen molar-refractivity contribution in [3.05, 3.63) is 53.1 Å². The zero-order valence-electron chi connectivity index (χ0n) is 22.4. The molecule has 2 aromatic rings. The van der Waals surface area contributed by atoms with Gasteiger partial charge in [0.1, 0.15) is 19.6 Å². The molecule has 1 amide bonds. The summed E-state index contributed by atoms with van der Waals surface area (Å²) in [5.41, 5.74) is 5.98. The van der Waals surface area contributed by atoms with Crippen LogP contribution in [0.1, 0.15) is 62.3 Å². The van der Waals surface area contributed by atoms with Crippen LogP contribution in [-0.2, 0) is 14.3 Å². The summed E-state index contributed by atoms with van der Waals surface area (Å²) in [6, 6.07) is 7.79. The van der Waals surface area contributed by atoms with Crippen molar-refractivity contribution in [2.45, 2.75) is 59.3 Å². The number of methoxy groups -OCH3 is 1. The molecular formula is C29H37N3O3Si. The maximum atomic E-state index is 13.5. The number of H-pyrrole nitrogens is 1. The molecule has 1 aliphatic heterocycles. The van der Waals surface area contributed by atoms with E-state index in [0.29, 0.717) is 18.2 Å². The zero-order valence-corrected chi connectivity index (χ0v) is 23.4. The van der Waals surface area contributed by atoms with Crippen molar-refractivity contribution in [1.82, 2.24) is 14.9 Å². The van der Waals surface area contributed by atoms with Crippen LogP contribution in [0.5, 0.6) is 0 Å². The van der Waals surface area contributed by atoms with Gasteiger partial charge in [0.25, 0.3) is 0 Å². The predicted octanol–water partition coefficient (Wildman–Crippen LogP) is 4.78. The van der Waals surface area contributed by atoms with Crippen molar-refractivity contribution in [2.24, 2.45) is 17.8 Å². The Hall–Kier alpha value is -3.29. The van der Waals surface area contributed by atoms with Gasteiger partial charge in [-0.15, -0.1) is 5.54 Å². The molecule has 3 rings (SSSR count). The second kappa shape index (κ2) is 11.6. The number of ether oxygens (including phenoxy) is 1. The average molecular weight is 504 g/mol. The van der Waals surface area contributed by atoms with Crippen LogP contribution in [0.15, 0.2) is 30.5 Å². The van der Waals surface area contributed by atoms with Gasteiger partial charge in [-0.3, -0.25) is 9.59 Å². The maximum absolute atomic E-state index is 13.5. The minimum absolute atomic E-state index is 0.0221. The number of benzene rings is 1. The van der Waals surface area contributed by atoms with Gasteiger partial charge in [-0.2, -0.15) is 0 Å². The number of likely N-dealkylation sites (tertiary alicyclic amines) is 1. The third kappa shape index (κ3) is 7.35. The minimum atomic E-state index is -1.41. The molecule has 1 aliphatic rings. The summed E-state index contributed by atoms with van der Waals surface area (Å²) in [5.74, 6) is 9.87. The van der Waals surface area contributed by atoms with Crippen LogP contribution >= 0.6 is 0 Å². The van der Waals surface area contributed by atoms with Gasteiger partial charge in [0, 0.05) is 17.7 Å². The molecule has 0 bridgehead atoms. The van der Waals surface area contributed by atoms with E-state index in [9.17, 15) is 9.59 Å². The lowest BCUT2D eigenvalue weighted by Crippen LogP contribution is -2.39. The van der Waals surface area contributed by atoms with Crippen LogP contribution in [0.2, 0.25) is 19.6 Å². The summed E-state index contributed by atoms with van der Waals surface area (Å²) < 4.78 is 4.83. The fraction of sp³-hybridized carbons (Fsp3) is 0.483. The van der Waals surface area contributed by atoms with E-state index in [0.717, 1.165) is 23.4 Å². The van der Waals surface area contributed by atoms with Gasteiger partial charge in [-0.25, -0.2) is 4.98 Å². The summed E-state index contributed by atoms with van der Waals surface area (Å²) >= 11 is 0. The van der Waals surface area contributed by atoms with Crippen LogP contribution in [0.25, 0.3) is 0 Å². The number of amides is 1. The number of carbonyl (C=O) groups is 2. The van der Waals surface area contributed by atoms with Gasteiger partial charge in [0.15, 0.2) is 0 Å². The van der Waals surface area contributed by atoms with Gasteiger partial charge in [0.05, 0.1) is 31.7 Å². The predicted molar refractivity (Wildman–Crippen MR) is 144 cm³/mol. The maximum Gasteiger partial charge on any atom is 0.306 e. The number of aromatic amines is 1. The molecular weight excluding hydrogens is 466 g/mol. The summed E-state index contributed by atoms with van der Waals surface area (Å²) in [4.78, 5) is 35.1. The lowest BCUT2D eigenvalue weighted by Gasteiger charge is -2.29. The highest BCUT2D eigenvalue weighted by atomic mass is 28.3. The Kier molecular flexibility index (Phi) is 8.82. The molecule has 3 atom stereocenters. The van der Waals surface area contributed by atoms with Crippen molar-refractivity contribution >= 4 is 20.0 Å². The Labute approximate surface area is 216 Å². The number of hydrogen-bond acceptors (Lipinski definition) is 4. The fourth-order valence-corrected chi connectivity index (χ4v) is 4.76. The number of carbonyl (C=O) groups excluding carboxylic acids is 2. The highest BCUT2D eigenvalue weighted by Gasteiger charge is 2.40. The number of aromatic nitrogens is 2. The van der Waals surface area contributed by atoms with E-state index < -0.39 is 14.0 Å². The van der Waals surface area contributed by atoms with Crippen molar-refractivity contribution in [3.8, 4) is 23.3 Å². The van der Waals surface area contributed by atoms with Crippen molar-refractivity contribution < 1.29 is 14.3 Å². The molecule has 1 aromatic heterocycles. The van der Waals surface area contributed by atoms with E-state index in [1.807, 2.05) is 43.0 Å². The number of nitrogens with one attached hydrogen (secondary N) is 1.